The zero-order valence-electron chi connectivity index (χ0n) is 26.7. The molecule has 0 bridgehead atoms. The van der Waals surface area contributed by atoms with E-state index in [9.17, 15) is 29.1 Å². The van der Waals surface area contributed by atoms with Crippen LogP contribution >= 0.6 is 0 Å². The molecule has 0 aliphatic heterocycles. The van der Waals surface area contributed by atoms with E-state index in [0.29, 0.717) is 6.29 Å². The van der Waals surface area contributed by atoms with Crippen molar-refractivity contribution in [3.05, 3.63) is 72.1 Å². The lowest BCUT2D eigenvalue weighted by Gasteiger charge is -2.25. The number of aliphatic hydroxyl groups excluding tert-OH is 1. The third kappa shape index (κ3) is 9.05. The molecule has 0 unspecified atom stereocenters. The molecule has 13 nitrogen and oxygen atoms in total. The lowest BCUT2D eigenvalue weighted by atomic mass is 10.0. The number of H-pyrrole nitrogens is 2. The summed E-state index contributed by atoms with van der Waals surface area (Å²) in [4.78, 5) is 70.3. The summed E-state index contributed by atoms with van der Waals surface area (Å²) in [5.41, 5.74) is 9.66. The number of aromatic amines is 2. The van der Waals surface area contributed by atoms with Gasteiger partial charge in [0.2, 0.25) is 23.6 Å². The van der Waals surface area contributed by atoms with Gasteiger partial charge in [-0.1, -0.05) is 50.2 Å². The van der Waals surface area contributed by atoms with Crippen molar-refractivity contribution in [1.82, 2.24) is 31.2 Å². The predicted octanol–water partition coefficient (Wildman–Crippen LogP) is 0.958. The summed E-state index contributed by atoms with van der Waals surface area (Å²) in [6.45, 7) is 4.41. The van der Waals surface area contributed by atoms with E-state index in [2.05, 4.69) is 31.2 Å². The number of para-hydroxylation sites is 2. The Morgan fingerprint density at radius 1 is 0.745 bits per heavy atom. The van der Waals surface area contributed by atoms with Crippen LogP contribution < -0.4 is 27.0 Å². The van der Waals surface area contributed by atoms with Crippen LogP contribution in [0.3, 0.4) is 0 Å². The second-order valence-corrected chi connectivity index (χ2v) is 12.1. The minimum absolute atomic E-state index is 0.0137. The van der Waals surface area contributed by atoms with Crippen LogP contribution in [-0.4, -0.2) is 81.8 Å². The van der Waals surface area contributed by atoms with Crippen molar-refractivity contribution in [2.24, 2.45) is 11.7 Å². The maximum atomic E-state index is 13.3. The third-order valence-electron chi connectivity index (χ3n) is 7.97. The highest BCUT2D eigenvalue weighted by Gasteiger charge is 2.30. The zero-order valence-corrected chi connectivity index (χ0v) is 26.7. The average Bonchev–Trinajstić information content (AvgIpc) is 3.66. The van der Waals surface area contributed by atoms with Crippen LogP contribution in [0.1, 0.15) is 38.3 Å². The topological polar surface area (TPSA) is 211 Å². The fraction of sp³-hybridized carbons (Fsp3) is 0.382. The first kappa shape index (κ1) is 34.9. The van der Waals surface area contributed by atoms with Crippen molar-refractivity contribution in [3.8, 4) is 0 Å². The van der Waals surface area contributed by atoms with Crippen molar-refractivity contribution in [2.45, 2.75) is 70.2 Å². The van der Waals surface area contributed by atoms with E-state index in [1.807, 2.05) is 62.4 Å². The lowest BCUT2D eigenvalue weighted by Crippen LogP contribution is -2.59. The van der Waals surface area contributed by atoms with Gasteiger partial charge in [-0.25, -0.2) is 0 Å². The van der Waals surface area contributed by atoms with Crippen LogP contribution in [0.2, 0.25) is 0 Å². The van der Waals surface area contributed by atoms with Gasteiger partial charge >= 0.3 is 0 Å². The summed E-state index contributed by atoms with van der Waals surface area (Å²) >= 11 is 0. The third-order valence-corrected chi connectivity index (χ3v) is 7.97. The molecular formula is C34H43N7O6. The Labute approximate surface area is 272 Å². The quantitative estimate of drug-likeness (QED) is 0.0826. The number of amides is 4. The molecule has 2 aromatic carbocycles. The number of carbonyl (C=O) groups is 5. The van der Waals surface area contributed by atoms with Crippen molar-refractivity contribution in [2.75, 3.05) is 6.61 Å². The van der Waals surface area contributed by atoms with Crippen LogP contribution in [0.15, 0.2) is 60.9 Å². The molecule has 0 aliphatic carbocycles. The second-order valence-electron chi connectivity index (χ2n) is 12.1. The van der Waals surface area contributed by atoms with Crippen molar-refractivity contribution >= 4 is 51.7 Å². The Morgan fingerprint density at radius 2 is 1.28 bits per heavy atom. The summed E-state index contributed by atoms with van der Waals surface area (Å²) in [6.07, 6.45) is 4.93. The maximum absolute atomic E-state index is 13.3. The fourth-order valence-electron chi connectivity index (χ4n) is 5.44. The van der Waals surface area contributed by atoms with Gasteiger partial charge in [0.15, 0.2) is 0 Å². The summed E-state index contributed by atoms with van der Waals surface area (Å²) in [5, 5.41) is 22.1. The normalized spacial score (nSPS) is 14.6. The van der Waals surface area contributed by atoms with Crippen LogP contribution in [-0.2, 0) is 36.8 Å². The molecule has 250 valence electrons. The number of hydrogen-bond donors (Lipinski definition) is 8. The number of aldehydes is 1. The van der Waals surface area contributed by atoms with E-state index in [1.54, 1.807) is 12.4 Å². The van der Waals surface area contributed by atoms with Crippen LogP contribution in [0.4, 0.5) is 0 Å². The van der Waals surface area contributed by atoms with Gasteiger partial charge in [-0.3, -0.25) is 19.2 Å². The standard InChI is InChI=1S/C34H43N7O6/c1-19(2)12-29(33(46)39-23(17-42)13-21-15-36-27-10-6-4-8-24(21)27)40-34(47)30(18-43)41-31(44)20(3)38-32(45)26(35)14-22-16-37-28-11-7-5-9-25(22)28/h4-11,15-17,19-20,23,26,29-30,36-37,43H,12-14,18,35H2,1-3H3,(H,38,45)(H,39,46)(H,40,47)(H,41,44)/t20-,23-,26-,29-,30-/m0/s1. The van der Waals surface area contributed by atoms with E-state index in [4.69, 9.17) is 5.73 Å². The summed E-state index contributed by atoms with van der Waals surface area (Å²) in [5.74, 6) is -2.67. The van der Waals surface area contributed by atoms with Gasteiger partial charge in [0.25, 0.3) is 0 Å². The number of aromatic nitrogens is 2. The smallest absolute Gasteiger partial charge is 0.245 e. The number of benzene rings is 2. The fourth-order valence-corrected chi connectivity index (χ4v) is 5.44. The largest absolute Gasteiger partial charge is 0.394 e. The van der Waals surface area contributed by atoms with Crippen molar-refractivity contribution < 1.29 is 29.1 Å². The first-order valence-electron chi connectivity index (χ1n) is 15.6. The second kappa shape index (κ2) is 16.0. The Hall–Kier alpha value is -5.01. The van der Waals surface area contributed by atoms with Gasteiger partial charge in [0.1, 0.15) is 24.4 Å². The van der Waals surface area contributed by atoms with E-state index < -0.39 is 60.4 Å². The minimum Gasteiger partial charge on any atom is -0.394 e. The number of carbonyl (C=O) groups excluding carboxylic acids is 5. The number of hydrogen-bond acceptors (Lipinski definition) is 7. The molecule has 2 aromatic heterocycles. The molecule has 9 N–H and O–H groups in total. The van der Waals surface area contributed by atoms with Gasteiger partial charge < -0.3 is 46.9 Å². The monoisotopic (exact) mass is 645 g/mol. The molecule has 0 radical (unpaired) electrons. The van der Waals surface area contributed by atoms with Gasteiger partial charge in [-0.15, -0.1) is 0 Å². The van der Waals surface area contributed by atoms with Gasteiger partial charge in [0.05, 0.1) is 18.7 Å². The molecule has 2 heterocycles. The van der Waals surface area contributed by atoms with E-state index in [0.717, 1.165) is 32.9 Å². The molecule has 0 spiro atoms. The SMILES string of the molecule is CC(C)C[C@H](NC(=O)[C@H](CO)NC(=O)[C@H](C)NC(=O)[C@@H](N)Cc1c[nH]c2ccccc12)C(=O)N[C@H](C=O)Cc1c[nH]c2ccccc12. The molecule has 0 saturated carbocycles. The average molecular weight is 646 g/mol. The van der Waals surface area contributed by atoms with E-state index in [1.165, 1.54) is 6.92 Å². The number of nitrogens with one attached hydrogen (secondary N) is 6. The maximum Gasteiger partial charge on any atom is 0.245 e. The van der Waals surface area contributed by atoms with Crippen molar-refractivity contribution in [3.63, 3.8) is 0 Å². The number of aliphatic hydroxyl groups is 1. The summed E-state index contributed by atoms with van der Waals surface area (Å²) in [6, 6.07) is 9.90. The summed E-state index contributed by atoms with van der Waals surface area (Å²) in [7, 11) is 0. The molecular weight excluding hydrogens is 602 g/mol. The molecule has 5 atom stereocenters. The molecule has 0 fully saturated rings. The number of fused-ring (bicyclic) bond motifs is 2. The van der Waals surface area contributed by atoms with Gasteiger partial charge in [0, 0.05) is 40.6 Å². The first-order valence-corrected chi connectivity index (χ1v) is 15.6. The van der Waals surface area contributed by atoms with Crippen molar-refractivity contribution in [1.29, 1.82) is 0 Å². The Balaban J connectivity index is 1.32. The zero-order chi connectivity index (χ0) is 34.1. The predicted molar refractivity (Wildman–Crippen MR) is 178 cm³/mol. The molecule has 4 amide bonds. The van der Waals surface area contributed by atoms with E-state index >= 15 is 0 Å². The number of rotatable bonds is 16. The van der Waals surface area contributed by atoms with Crippen LogP contribution in [0.5, 0.6) is 0 Å². The lowest BCUT2D eigenvalue weighted by molar-refractivity contribution is -0.134. The summed E-state index contributed by atoms with van der Waals surface area (Å²) < 4.78 is 0. The highest BCUT2D eigenvalue weighted by molar-refractivity contribution is 5.95. The van der Waals surface area contributed by atoms with Gasteiger partial charge in [-0.2, -0.15) is 0 Å². The molecule has 47 heavy (non-hydrogen) atoms. The Morgan fingerprint density at radius 3 is 1.83 bits per heavy atom. The highest BCUT2D eigenvalue weighted by atomic mass is 16.3. The first-order chi connectivity index (χ1) is 22.5. The molecule has 4 rings (SSSR count). The van der Waals surface area contributed by atoms with Crippen LogP contribution in [0, 0.1) is 5.92 Å². The van der Waals surface area contributed by atoms with E-state index in [-0.39, 0.29) is 25.2 Å². The molecule has 0 aliphatic rings. The Bertz CT molecular complexity index is 1710. The molecule has 13 heteroatoms. The highest BCUT2D eigenvalue weighted by Crippen LogP contribution is 2.20. The molecule has 0 saturated heterocycles. The van der Waals surface area contributed by atoms with Crippen LogP contribution in [0.25, 0.3) is 21.8 Å². The number of nitrogens with two attached hydrogens (primary N) is 1. The minimum atomic E-state index is -1.41. The molecule has 4 aromatic rings. The Kier molecular flexibility index (Phi) is 11.9. The van der Waals surface area contributed by atoms with Gasteiger partial charge in [-0.05, 0) is 48.9 Å².